The number of nitro groups is 1. The number of hydrogen-bond donors (Lipinski definition) is 0. The molecule has 0 saturated carbocycles. The molecule has 0 spiro atoms. The van der Waals surface area contributed by atoms with Gasteiger partial charge in [-0.2, -0.15) is 5.26 Å². The molecule has 2 aromatic rings. The highest BCUT2D eigenvalue weighted by Gasteiger charge is 2.26. The number of piperazine rings is 1. The van der Waals surface area contributed by atoms with Crippen LogP contribution in [-0.4, -0.2) is 46.9 Å². The van der Waals surface area contributed by atoms with Crippen LogP contribution in [0.3, 0.4) is 0 Å². The molecule has 3 rings (SSSR count). The first-order valence-corrected chi connectivity index (χ1v) is 8.05. The van der Waals surface area contributed by atoms with E-state index in [0.29, 0.717) is 42.4 Å². The van der Waals surface area contributed by atoms with E-state index in [1.54, 1.807) is 23.2 Å². The standard InChI is InChI=1S/C15H13N5O3S/c16-10-11-2-1-5-17-14(11)18-6-8-19(9-7-18)15(21)12-3-4-13(24-12)20(22)23/h1-5H,6-9H2. The summed E-state index contributed by atoms with van der Waals surface area (Å²) in [5.74, 6) is 0.424. The number of carbonyl (C=O) groups is 1. The van der Waals surface area contributed by atoms with Gasteiger partial charge in [0, 0.05) is 38.4 Å². The van der Waals surface area contributed by atoms with Crippen molar-refractivity contribution >= 4 is 28.1 Å². The van der Waals surface area contributed by atoms with Crippen molar-refractivity contribution in [2.75, 3.05) is 31.1 Å². The van der Waals surface area contributed by atoms with E-state index in [1.165, 1.54) is 12.1 Å². The molecule has 0 bridgehead atoms. The van der Waals surface area contributed by atoms with E-state index < -0.39 is 4.92 Å². The summed E-state index contributed by atoms with van der Waals surface area (Å²) in [4.78, 5) is 30.9. The number of nitrogens with zero attached hydrogens (tertiary/aromatic N) is 5. The topological polar surface area (TPSA) is 103 Å². The molecule has 9 heteroatoms. The molecule has 0 radical (unpaired) electrons. The number of anilines is 1. The minimum Gasteiger partial charge on any atom is -0.352 e. The fourth-order valence-electron chi connectivity index (χ4n) is 2.55. The quantitative estimate of drug-likeness (QED) is 0.623. The minimum atomic E-state index is -0.496. The Labute approximate surface area is 141 Å². The molecule has 8 nitrogen and oxygen atoms in total. The van der Waals surface area contributed by atoms with Gasteiger partial charge in [0.1, 0.15) is 11.9 Å². The molecule has 0 unspecified atom stereocenters. The van der Waals surface area contributed by atoms with Crippen LogP contribution in [0, 0.1) is 21.4 Å². The fraction of sp³-hybridized carbons (Fsp3) is 0.267. The zero-order valence-electron chi connectivity index (χ0n) is 12.6. The molecule has 1 amide bonds. The Bertz CT molecular complexity index is 821. The molecule has 0 atom stereocenters. The van der Waals surface area contributed by atoms with Crippen LogP contribution in [0.4, 0.5) is 10.8 Å². The number of pyridine rings is 1. The molecule has 0 aromatic carbocycles. The van der Waals surface area contributed by atoms with Gasteiger partial charge in [0.15, 0.2) is 0 Å². The molecule has 24 heavy (non-hydrogen) atoms. The Morgan fingerprint density at radius 2 is 2.04 bits per heavy atom. The first kappa shape index (κ1) is 15.9. The number of carbonyl (C=O) groups excluding carboxylic acids is 1. The summed E-state index contributed by atoms with van der Waals surface area (Å²) in [7, 11) is 0. The average Bonchev–Trinajstić information content (AvgIpc) is 3.11. The first-order valence-electron chi connectivity index (χ1n) is 7.23. The normalized spacial score (nSPS) is 14.3. The molecular weight excluding hydrogens is 330 g/mol. The van der Waals surface area contributed by atoms with Gasteiger partial charge in [-0.1, -0.05) is 11.3 Å². The number of amides is 1. The molecule has 0 N–H and O–H groups in total. The molecule has 122 valence electrons. The lowest BCUT2D eigenvalue weighted by Gasteiger charge is -2.35. The van der Waals surface area contributed by atoms with Crippen molar-refractivity contribution in [2.24, 2.45) is 0 Å². The Balaban J connectivity index is 1.67. The van der Waals surface area contributed by atoms with Crippen LogP contribution < -0.4 is 4.90 Å². The number of aromatic nitrogens is 1. The van der Waals surface area contributed by atoms with Crippen LogP contribution in [0.25, 0.3) is 0 Å². The minimum absolute atomic E-state index is 0.0378. The van der Waals surface area contributed by atoms with Crippen molar-refractivity contribution in [3.63, 3.8) is 0 Å². The summed E-state index contributed by atoms with van der Waals surface area (Å²) in [6, 6.07) is 8.38. The Kier molecular flexibility index (Phi) is 4.39. The predicted molar refractivity (Wildman–Crippen MR) is 88.0 cm³/mol. The second kappa shape index (κ2) is 6.64. The highest BCUT2D eigenvalue weighted by atomic mass is 32.1. The summed E-state index contributed by atoms with van der Waals surface area (Å²) >= 11 is 0.887. The maximum Gasteiger partial charge on any atom is 0.324 e. The predicted octanol–water partition coefficient (Wildman–Crippen LogP) is 1.89. The van der Waals surface area contributed by atoms with Crippen LogP contribution in [0.1, 0.15) is 15.2 Å². The summed E-state index contributed by atoms with van der Waals surface area (Å²) in [5, 5.41) is 19.8. The third-order valence-corrected chi connectivity index (χ3v) is 4.78. The maximum absolute atomic E-state index is 12.4. The number of rotatable bonds is 3. The molecule has 2 aromatic heterocycles. The Morgan fingerprint density at radius 1 is 1.29 bits per heavy atom. The Hall–Kier alpha value is -2.99. The van der Waals surface area contributed by atoms with Gasteiger partial charge in [-0.25, -0.2) is 4.98 Å². The van der Waals surface area contributed by atoms with Gasteiger partial charge in [-0.05, 0) is 18.2 Å². The van der Waals surface area contributed by atoms with Crippen molar-refractivity contribution in [1.82, 2.24) is 9.88 Å². The average molecular weight is 343 g/mol. The summed E-state index contributed by atoms with van der Waals surface area (Å²) < 4.78 is 0. The van der Waals surface area contributed by atoms with E-state index in [1.807, 2.05) is 4.90 Å². The van der Waals surface area contributed by atoms with Crippen molar-refractivity contribution in [3.05, 3.63) is 51.0 Å². The summed E-state index contributed by atoms with van der Waals surface area (Å²) in [6.45, 7) is 2.08. The molecular formula is C15H13N5O3S. The highest BCUT2D eigenvalue weighted by Crippen LogP contribution is 2.26. The monoisotopic (exact) mass is 343 g/mol. The fourth-order valence-corrected chi connectivity index (χ4v) is 3.34. The lowest BCUT2D eigenvalue weighted by molar-refractivity contribution is -0.380. The zero-order chi connectivity index (χ0) is 17.1. The van der Waals surface area contributed by atoms with Crippen LogP contribution in [0.15, 0.2) is 30.5 Å². The third kappa shape index (κ3) is 3.04. The van der Waals surface area contributed by atoms with Crippen LogP contribution in [-0.2, 0) is 0 Å². The van der Waals surface area contributed by atoms with Gasteiger partial charge in [-0.3, -0.25) is 14.9 Å². The summed E-state index contributed by atoms with van der Waals surface area (Å²) in [6.07, 6.45) is 1.64. The third-order valence-electron chi connectivity index (χ3n) is 3.76. The van der Waals surface area contributed by atoms with Gasteiger partial charge in [0.2, 0.25) is 0 Å². The molecule has 3 heterocycles. The first-order chi connectivity index (χ1) is 11.6. The van der Waals surface area contributed by atoms with Crippen molar-refractivity contribution in [3.8, 4) is 6.07 Å². The van der Waals surface area contributed by atoms with Gasteiger partial charge in [-0.15, -0.1) is 0 Å². The van der Waals surface area contributed by atoms with Gasteiger partial charge in [0.05, 0.1) is 15.4 Å². The van der Waals surface area contributed by atoms with Crippen LogP contribution >= 0.6 is 11.3 Å². The van der Waals surface area contributed by atoms with E-state index in [2.05, 4.69) is 11.1 Å². The zero-order valence-corrected chi connectivity index (χ0v) is 13.4. The number of nitriles is 1. The Morgan fingerprint density at radius 3 is 2.67 bits per heavy atom. The SMILES string of the molecule is N#Cc1cccnc1N1CCN(C(=O)c2ccc([N+](=O)[O-])s2)CC1. The van der Waals surface area contributed by atoms with Crippen LogP contribution in [0.5, 0.6) is 0 Å². The van der Waals surface area contributed by atoms with Gasteiger partial charge in [0.25, 0.3) is 5.91 Å². The van der Waals surface area contributed by atoms with E-state index in [4.69, 9.17) is 5.26 Å². The molecule has 1 aliphatic heterocycles. The van der Waals surface area contributed by atoms with Gasteiger partial charge < -0.3 is 9.80 Å². The van der Waals surface area contributed by atoms with Crippen LogP contribution in [0.2, 0.25) is 0 Å². The summed E-state index contributed by atoms with van der Waals surface area (Å²) in [5.41, 5.74) is 0.506. The maximum atomic E-state index is 12.4. The van der Waals surface area contributed by atoms with E-state index in [0.717, 1.165) is 11.3 Å². The largest absolute Gasteiger partial charge is 0.352 e. The number of hydrogen-bond acceptors (Lipinski definition) is 7. The second-order valence-electron chi connectivity index (χ2n) is 5.16. The van der Waals surface area contributed by atoms with Gasteiger partial charge >= 0.3 is 5.00 Å². The lowest BCUT2D eigenvalue weighted by Crippen LogP contribution is -2.49. The smallest absolute Gasteiger partial charge is 0.324 e. The number of thiophene rings is 1. The molecule has 0 aliphatic carbocycles. The molecule has 1 aliphatic rings. The van der Waals surface area contributed by atoms with E-state index in [9.17, 15) is 14.9 Å². The lowest BCUT2D eigenvalue weighted by atomic mass is 10.2. The van der Waals surface area contributed by atoms with E-state index in [-0.39, 0.29) is 10.9 Å². The van der Waals surface area contributed by atoms with Crippen molar-refractivity contribution < 1.29 is 9.72 Å². The molecule has 1 fully saturated rings. The van der Waals surface area contributed by atoms with Crippen molar-refractivity contribution in [1.29, 1.82) is 5.26 Å². The molecule has 1 saturated heterocycles. The second-order valence-corrected chi connectivity index (χ2v) is 6.22. The van der Waals surface area contributed by atoms with Crippen molar-refractivity contribution in [2.45, 2.75) is 0 Å². The van der Waals surface area contributed by atoms with E-state index >= 15 is 0 Å². The highest BCUT2D eigenvalue weighted by molar-refractivity contribution is 7.17.